The lowest BCUT2D eigenvalue weighted by atomic mass is 9.74. The summed E-state index contributed by atoms with van der Waals surface area (Å²) in [6.45, 7) is 10.1. The Hall–Kier alpha value is -0.830. The average Bonchev–Trinajstić information content (AvgIpc) is 2.76. The van der Waals surface area contributed by atoms with Crippen LogP contribution in [0.25, 0.3) is 0 Å². The summed E-state index contributed by atoms with van der Waals surface area (Å²) in [6.07, 6.45) is 6.71. The predicted octanol–water partition coefficient (Wildman–Crippen LogP) is 3.71. The number of hydrogen-bond donors (Lipinski definition) is 1. The largest absolute Gasteiger partial charge is 0.314 e. The Morgan fingerprint density at radius 3 is 2.33 bits per heavy atom. The number of aromatic nitrogens is 2. The van der Waals surface area contributed by atoms with Crippen molar-refractivity contribution >= 4 is 0 Å². The van der Waals surface area contributed by atoms with Gasteiger partial charge in [-0.2, -0.15) is 5.10 Å². The summed E-state index contributed by atoms with van der Waals surface area (Å²) in [5.41, 5.74) is 2.50. The first kappa shape index (κ1) is 16.5. The zero-order valence-electron chi connectivity index (χ0n) is 14.5. The van der Waals surface area contributed by atoms with Gasteiger partial charge in [-0.25, -0.2) is 0 Å². The Morgan fingerprint density at radius 2 is 1.86 bits per heavy atom. The third-order valence-corrected chi connectivity index (χ3v) is 5.32. The van der Waals surface area contributed by atoms with Crippen molar-refractivity contribution in [2.45, 2.75) is 65.8 Å². The molecule has 0 saturated heterocycles. The summed E-state index contributed by atoms with van der Waals surface area (Å²) in [6, 6.07) is 2.85. The second-order valence-corrected chi connectivity index (χ2v) is 7.19. The number of nitrogens with zero attached hydrogens (tertiary/aromatic N) is 2. The van der Waals surface area contributed by atoms with Gasteiger partial charge >= 0.3 is 0 Å². The van der Waals surface area contributed by atoms with Crippen molar-refractivity contribution in [1.29, 1.82) is 0 Å². The smallest absolute Gasteiger partial charge is 0.0596 e. The van der Waals surface area contributed by atoms with Gasteiger partial charge in [-0.1, -0.05) is 20.8 Å². The van der Waals surface area contributed by atoms with Crippen LogP contribution in [0.4, 0.5) is 0 Å². The van der Waals surface area contributed by atoms with Gasteiger partial charge in [0.1, 0.15) is 0 Å². The Balaban J connectivity index is 1.98. The maximum Gasteiger partial charge on any atom is 0.0596 e. The van der Waals surface area contributed by atoms with Gasteiger partial charge in [0.15, 0.2) is 0 Å². The third kappa shape index (κ3) is 4.32. The molecule has 0 aromatic carbocycles. The van der Waals surface area contributed by atoms with Gasteiger partial charge in [-0.15, -0.1) is 0 Å². The zero-order valence-corrected chi connectivity index (χ0v) is 14.5. The lowest BCUT2D eigenvalue weighted by Crippen LogP contribution is -2.40. The van der Waals surface area contributed by atoms with E-state index in [1.165, 1.54) is 31.4 Å². The third-order valence-electron chi connectivity index (χ3n) is 5.32. The molecule has 1 unspecified atom stereocenters. The maximum absolute atomic E-state index is 4.49. The summed E-state index contributed by atoms with van der Waals surface area (Å²) < 4.78 is 2.05. The molecule has 1 heterocycles. The van der Waals surface area contributed by atoms with E-state index in [4.69, 9.17) is 0 Å². The van der Waals surface area contributed by atoms with Gasteiger partial charge in [0.25, 0.3) is 0 Å². The van der Waals surface area contributed by atoms with Gasteiger partial charge in [0, 0.05) is 25.2 Å². The van der Waals surface area contributed by atoms with Crippen LogP contribution in [-0.4, -0.2) is 22.4 Å². The van der Waals surface area contributed by atoms with E-state index in [0.29, 0.717) is 6.04 Å². The van der Waals surface area contributed by atoms with Crippen molar-refractivity contribution in [3.63, 3.8) is 0 Å². The lowest BCUT2D eigenvalue weighted by Gasteiger charge is -2.35. The first-order valence-corrected chi connectivity index (χ1v) is 8.74. The first-order chi connectivity index (χ1) is 10.0. The van der Waals surface area contributed by atoms with Crippen molar-refractivity contribution in [1.82, 2.24) is 15.1 Å². The Labute approximate surface area is 130 Å². The highest BCUT2D eigenvalue weighted by Crippen LogP contribution is 2.35. The SMILES string of the molecule is CCNC(Cc1cc(C)nn1C)C1CCC(C(C)C)CC1. The van der Waals surface area contributed by atoms with Crippen molar-refractivity contribution in [2.24, 2.45) is 24.8 Å². The maximum atomic E-state index is 4.49. The van der Waals surface area contributed by atoms with Crippen LogP contribution in [0.2, 0.25) is 0 Å². The number of nitrogens with one attached hydrogen (secondary N) is 1. The van der Waals surface area contributed by atoms with E-state index in [1.54, 1.807) is 0 Å². The highest BCUT2D eigenvalue weighted by Gasteiger charge is 2.29. The molecule has 120 valence electrons. The highest BCUT2D eigenvalue weighted by atomic mass is 15.3. The number of aryl methyl sites for hydroxylation is 2. The molecule has 1 aliphatic rings. The molecule has 1 fully saturated rings. The second kappa shape index (κ2) is 7.44. The van der Waals surface area contributed by atoms with Crippen molar-refractivity contribution in [3.8, 4) is 0 Å². The van der Waals surface area contributed by atoms with E-state index >= 15 is 0 Å². The molecule has 0 bridgehead atoms. The number of rotatable bonds is 6. The van der Waals surface area contributed by atoms with Gasteiger partial charge in [-0.05, 0) is 63.0 Å². The molecule has 2 rings (SSSR count). The molecule has 1 atom stereocenters. The quantitative estimate of drug-likeness (QED) is 0.866. The Kier molecular flexibility index (Phi) is 5.86. The highest BCUT2D eigenvalue weighted by molar-refractivity contribution is 5.10. The van der Waals surface area contributed by atoms with E-state index in [-0.39, 0.29) is 0 Å². The predicted molar refractivity (Wildman–Crippen MR) is 89.4 cm³/mol. The molecule has 3 heteroatoms. The molecule has 21 heavy (non-hydrogen) atoms. The van der Waals surface area contributed by atoms with Crippen LogP contribution in [0, 0.1) is 24.7 Å². The summed E-state index contributed by atoms with van der Waals surface area (Å²) in [5.74, 6) is 2.63. The van der Waals surface area contributed by atoms with Crippen LogP contribution in [0.3, 0.4) is 0 Å². The van der Waals surface area contributed by atoms with E-state index in [0.717, 1.165) is 36.4 Å². The number of likely N-dealkylation sites (N-methyl/N-ethyl adjacent to an activating group) is 1. The molecule has 0 spiro atoms. The molecule has 3 nitrogen and oxygen atoms in total. The molecular weight excluding hydrogens is 258 g/mol. The van der Waals surface area contributed by atoms with Crippen LogP contribution in [0.15, 0.2) is 6.07 Å². The molecular formula is C18H33N3. The van der Waals surface area contributed by atoms with Gasteiger partial charge in [0.2, 0.25) is 0 Å². The van der Waals surface area contributed by atoms with Crippen molar-refractivity contribution in [3.05, 3.63) is 17.5 Å². The van der Waals surface area contributed by atoms with Crippen LogP contribution in [0.5, 0.6) is 0 Å². The monoisotopic (exact) mass is 291 g/mol. The van der Waals surface area contributed by atoms with Crippen LogP contribution < -0.4 is 5.32 Å². The zero-order chi connectivity index (χ0) is 15.4. The minimum absolute atomic E-state index is 0.609. The fourth-order valence-electron chi connectivity index (χ4n) is 3.96. The van der Waals surface area contributed by atoms with E-state index in [1.807, 2.05) is 0 Å². The summed E-state index contributed by atoms with van der Waals surface area (Å²) in [5, 5.41) is 8.23. The van der Waals surface area contributed by atoms with Gasteiger partial charge in [0.05, 0.1) is 5.69 Å². The fourth-order valence-corrected chi connectivity index (χ4v) is 3.96. The van der Waals surface area contributed by atoms with E-state index in [9.17, 15) is 0 Å². The molecule has 1 aromatic heterocycles. The molecule has 0 radical (unpaired) electrons. The van der Waals surface area contributed by atoms with E-state index < -0.39 is 0 Å². The molecule has 0 amide bonds. The summed E-state index contributed by atoms with van der Waals surface area (Å²) in [4.78, 5) is 0. The van der Waals surface area contributed by atoms with Gasteiger partial charge < -0.3 is 5.32 Å². The van der Waals surface area contributed by atoms with Crippen molar-refractivity contribution in [2.75, 3.05) is 6.54 Å². The minimum Gasteiger partial charge on any atom is -0.314 e. The van der Waals surface area contributed by atoms with E-state index in [2.05, 4.69) is 55.9 Å². The Morgan fingerprint density at radius 1 is 1.24 bits per heavy atom. The molecule has 1 saturated carbocycles. The van der Waals surface area contributed by atoms with Crippen LogP contribution in [0.1, 0.15) is 57.8 Å². The molecule has 1 aliphatic carbocycles. The first-order valence-electron chi connectivity index (χ1n) is 8.74. The number of hydrogen-bond acceptors (Lipinski definition) is 2. The molecule has 0 aliphatic heterocycles. The average molecular weight is 291 g/mol. The molecule has 1 aromatic rings. The van der Waals surface area contributed by atoms with Crippen molar-refractivity contribution < 1.29 is 0 Å². The topological polar surface area (TPSA) is 29.9 Å². The normalized spacial score (nSPS) is 24.5. The lowest BCUT2D eigenvalue weighted by molar-refractivity contribution is 0.187. The van der Waals surface area contributed by atoms with Crippen LogP contribution >= 0.6 is 0 Å². The second-order valence-electron chi connectivity index (χ2n) is 7.19. The Bertz CT molecular complexity index is 428. The minimum atomic E-state index is 0.609. The molecule has 1 N–H and O–H groups in total. The summed E-state index contributed by atoms with van der Waals surface area (Å²) >= 11 is 0. The van der Waals surface area contributed by atoms with Gasteiger partial charge in [-0.3, -0.25) is 4.68 Å². The summed E-state index contributed by atoms with van der Waals surface area (Å²) in [7, 11) is 2.07. The fraction of sp³-hybridized carbons (Fsp3) is 0.833. The van der Waals surface area contributed by atoms with Crippen LogP contribution in [-0.2, 0) is 13.5 Å². The standard InChI is InChI=1S/C18H33N3/c1-6-19-18(12-17-11-14(4)20-21(17)5)16-9-7-15(8-10-16)13(2)3/h11,13,15-16,18-19H,6-10,12H2,1-5H3.